The fourth-order valence-electron chi connectivity index (χ4n) is 3.24. The Morgan fingerprint density at radius 3 is 2.21 bits per heavy atom. The molecule has 33 heavy (non-hydrogen) atoms. The van der Waals surface area contributed by atoms with Gasteiger partial charge in [-0.25, -0.2) is 8.42 Å². The van der Waals surface area contributed by atoms with Crippen LogP contribution in [0.3, 0.4) is 0 Å². The lowest BCUT2D eigenvalue weighted by molar-refractivity contribution is -0.142. The van der Waals surface area contributed by atoms with Crippen LogP contribution in [0.15, 0.2) is 94.3 Å². The first-order valence-corrected chi connectivity index (χ1v) is 11.6. The van der Waals surface area contributed by atoms with Crippen LogP contribution in [-0.4, -0.2) is 37.7 Å². The Morgan fingerprint density at radius 2 is 1.58 bits per heavy atom. The van der Waals surface area contributed by atoms with Crippen LogP contribution in [0.25, 0.3) is 22.8 Å². The molecule has 168 valence electrons. The summed E-state index contributed by atoms with van der Waals surface area (Å²) in [6.45, 7) is 0. The van der Waals surface area contributed by atoms with Gasteiger partial charge < -0.3 is 9.26 Å². The molecule has 8 nitrogen and oxygen atoms in total. The SMILES string of the molecule is COC(=O)[C@@H](Cc1ccccc1)NS(=O)(=O)c1ccc(-c2nc(-c3ccccc3)no2)cc1. The summed E-state index contributed by atoms with van der Waals surface area (Å²) < 4.78 is 38.4. The first-order chi connectivity index (χ1) is 16.0. The normalized spacial score (nSPS) is 12.3. The van der Waals surface area contributed by atoms with E-state index >= 15 is 0 Å². The Morgan fingerprint density at radius 1 is 0.939 bits per heavy atom. The number of sulfonamides is 1. The highest BCUT2D eigenvalue weighted by Gasteiger charge is 2.27. The molecule has 9 heteroatoms. The number of hydrogen-bond acceptors (Lipinski definition) is 7. The van der Waals surface area contributed by atoms with Crippen LogP contribution in [0.4, 0.5) is 0 Å². The van der Waals surface area contributed by atoms with Gasteiger partial charge in [0, 0.05) is 11.1 Å². The summed E-state index contributed by atoms with van der Waals surface area (Å²) in [5, 5.41) is 3.97. The fourth-order valence-corrected chi connectivity index (χ4v) is 4.43. The van der Waals surface area contributed by atoms with Gasteiger partial charge in [0.05, 0.1) is 12.0 Å². The third-order valence-electron chi connectivity index (χ3n) is 4.94. The standard InChI is InChI=1S/C24H21N3O5S/c1-31-24(28)21(16-17-8-4-2-5-9-17)27-33(29,30)20-14-12-19(13-15-20)23-25-22(26-32-23)18-10-6-3-7-11-18/h2-15,21,27H,16H2,1H3/t21-/m1/s1. The zero-order valence-electron chi connectivity index (χ0n) is 17.7. The number of aromatic nitrogens is 2. The van der Waals surface area contributed by atoms with Crippen molar-refractivity contribution in [2.24, 2.45) is 0 Å². The molecule has 0 amide bonds. The van der Waals surface area contributed by atoms with E-state index in [1.165, 1.54) is 19.2 Å². The second-order valence-corrected chi connectivity index (χ2v) is 8.91. The first-order valence-electron chi connectivity index (χ1n) is 10.1. The Balaban J connectivity index is 1.52. The van der Waals surface area contributed by atoms with Crippen LogP contribution in [0.5, 0.6) is 0 Å². The van der Waals surface area contributed by atoms with Gasteiger partial charge in [-0.05, 0) is 36.2 Å². The van der Waals surface area contributed by atoms with Crippen molar-refractivity contribution in [3.05, 3.63) is 90.5 Å². The lowest BCUT2D eigenvalue weighted by atomic mass is 10.1. The first kappa shape index (κ1) is 22.4. The summed E-state index contributed by atoms with van der Waals surface area (Å²) >= 11 is 0. The zero-order chi connectivity index (χ0) is 23.3. The number of nitrogens with one attached hydrogen (secondary N) is 1. The summed E-state index contributed by atoms with van der Waals surface area (Å²) in [5.41, 5.74) is 2.18. The number of esters is 1. The fraction of sp³-hybridized carbons (Fsp3) is 0.125. The van der Waals surface area contributed by atoms with E-state index in [1.807, 2.05) is 60.7 Å². The summed E-state index contributed by atoms with van der Waals surface area (Å²) in [7, 11) is -2.77. The third kappa shape index (κ3) is 5.33. The number of benzene rings is 3. The van der Waals surface area contributed by atoms with E-state index in [0.29, 0.717) is 11.4 Å². The summed E-state index contributed by atoms with van der Waals surface area (Å²) in [6.07, 6.45) is 0.162. The van der Waals surface area contributed by atoms with Crippen LogP contribution in [0, 0.1) is 0 Å². The van der Waals surface area contributed by atoms with E-state index in [1.54, 1.807) is 12.1 Å². The lowest BCUT2D eigenvalue weighted by Crippen LogP contribution is -2.42. The van der Waals surface area contributed by atoms with Crippen molar-refractivity contribution in [3.8, 4) is 22.8 Å². The minimum absolute atomic E-state index is 0.00369. The van der Waals surface area contributed by atoms with Crippen LogP contribution in [0.1, 0.15) is 5.56 Å². The molecule has 0 saturated carbocycles. The second-order valence-electron chi connectivity index (χ2n) is 7.20. The highest BCUT2D eigenvalue weighted by atomic mass is 32.2. The Kier molecular flexibility index (Phi) is 6.62. The van der Waals surface area contributed by atoms with Crippen LogP contribution >= 0.6 is 0 Å². The summed E-state index contributed by atoms with van der Waals surface area (Å²) in [5.74, 6) is 0.0337. The Bertz CT molecular complexity index is 1320. The third-order valence-corrected chi connectivity index (χ3v) is 6.42. The van der Waals surface area contributed by atoms with Gasteiger partial charge in [-0.15, -0.1) is 0 Å². The largest absolute Gasteiger partial charge is 0.468 e. The summed E-state index contributed by atoms with van der Waals surface area (Å²) in [6, 6.07) is 23.4. The molecule has 0 fully saturated rings. The molecule has 1 atom stereocenters. The molecule has 3 aromatic carbocycles. The van der Waals surface area contributed by atoms with Crippen LogP contribution < -0.4 is 4.72 Å². The van der Waals surface area contributed by atoms with Crippen molar-refractivity contribution in [1.29, 1.82) is 0 Å². The van der Waals surface area contributed by atoms with Crippen molar-refractivity contribution >= 4 is 16.0 Å². The summed E-state index contributed by atoms with van der Waals surface area (Å²) in [4.78, 5) is 16.6. The maximum absolute atomic E-state index is 12.9. The van der Waals surface area contributed by atoms with Gasteiger partial charge in [-0.3, -0.25) is 4.79 Å². The van der Waals surface area contributed by atoms with E-state index in [4.69, 9.17) is 9.26 Å². The molecule has 0 spiro atoms. The number of ether oxygens (including phenoxy) is 1. The number of methoxy groups -OCH3 is 1. The molecule has 1 N–H and O–H groups in total. The molecule has 0 aliphatic rings. The number of carbonyl (C=O) groups is 1. The lowest BCUT2D eigenvalue weighted by Gasteiger charge is -2.17. The number of carbonyl (C=O) groups excluding carboxylic acids is 1. The van der Waals surface area contributed by atoms with Crippen LogP contribution in [0.2, 0.25) is 0 Å². The Hall–Kier alpha value is -3.82. The van der Waals surface area contributed by atoms with E-state index < -0.39 is 22.0 Å². The van der Waals surface area contributed by atoms with Gasteiger partial charge in [-0.1, -0.05) is 65.8 Å². The van der Waals surface area contributed by atoms with E-state index in [-0.39, 0.29) is 17.2 Å². The predicted octanol–water partition coefficient (Wildman–Crippen LogP) is 3.47. The van der Waals surface area contributed by atoms with Crippen molar-refractivity contribution in [2.45, 2.75) is 17.4 Å². The molecule has 1 aromatic heterocycles. The maximum Gasteiger partial charge on any atom is 0.324 e. The van der Waals surface area contributed by atoms with Gasteiger partial charge in [0.15, 0.2) is 0 Å². The minimum Gasteiger partial charge on any atom is -0.468 e. The zero-order valence-corrected chi connectivity index (χ0v) is 18.5. The predicted molar refractivity (Wildman–Crippen MR) is 121 cm³/mol. The number of hydrogen-bond donors (Lipinski definition) is 1. The average molecular weight is 464 g/mol. The van der Waals surface area contributed by atoms with Crippen molar-refractivity contribution in [1.82, 2.24) is 14.9 Å². The van der Waals surface area contributed by atoms with E-state index in [2.05, 4.69) is 14.9 Å². The molecular formula is C24H21N3O5S. The number of rotatable bonds is 8. The van der Waals surface area contributed by atoms with Crippen molar-refractivity contribution in [2.75, 3.05) is 7.11 Å². The molecule has 0 saturated heterocycles. The van der Waals surface area contributed by atoms with Crippen molar-refractivity contribution < 1.29 is 22.5 Å². The van der Waals surface area contributed by atoms with E-state index in [9.17, 15) is 13.2 Å². The molecule has 0 aliphatic carbocycles. The minimum atomic E-state index is -3.99. The second kappa shape index (κ2) is 9.76. The highest BCUT2D eigenvalue weighted by molar-refractivity contribution is 7.89. The topological polar surface area (TPSA) is 111 Å². The monoisotopic (exact) mass is 463 g/mol. The van der Waals surface area contributed by atoms with Gasteiger partial charge in [0.25, 0.3) is 5.89 Å². The van der Waals surface area contributed by atoms with E-state index in [0.717, 1.165) is 11.1 Å². The molecule has 4 rings (SSSR count). The Labute approximate surface area is 191 Å². The van der Waals surface area contributed by atoms with Crippen molar-refractivity contribution in [3.63, 3.8) is 0 Å². The highest BCUT2D eigenvalue weighted by Crippen LogP contribution is 2.23. The molecule has 0 bridgehead atoms. The average Bonchev–Trinajstić information content (AvgIpc) is 3.35. The van der Waals surface area contributed by atoms with Gasteiger partial charge >= 0.3 is 5.97 Å². The molecular weight excluding hydrogens is 442 g/mol. The molecule has 0 aliphatic heterocycles. The molecule has 0 radical (unpaired) electrons. The van der Waals surface area contributed by atoms with Gasteiger partial charge in [-0.2, -0.15) is 9.71 Å². The maximum atomic E-state index is 12.9. The van der Waals surface area contributed by atoms with Gasteiger partial charge in [0.2, 0.25) is 15.8 Å². The molecule has 1 heterocycles. The molecule has 0 unspecified atom stereocenters. The van der Waals surface area contributed by atoms with Crippen LogP contribution in [-0.2, 0) is 26.0 Å². The smallest absolute Gasteiger partial charge is 0.324 e. The van der Waals surface area contributed by atoms with Gasteiger partial charge in [0.1, 0.15) is 6.04 Å². The molecule has 4 aromatic rings. The quantitative estimate of drug-likeness (QED) is 0.398. The number of nitrogens with zero attached hydrogens (tertiary/aromatic N) is 2.